The van der Waals surface area contributed by atoms with E-state index in [0.29, 0.717) is 6.42 Å². The molecule has 6 heteroatoms. The van der Waals surface area contributed by atoms with E-state index >= 15 is 0 Å². The van der Waals surface area contributed by atoms with Gasteiger partial charge in [-0.3, -0.25) is 0 Å². The molecule has 0 aromatic heterocycles. The SMILES string of the molecule is C#CCC(C)NC(=O)NC[C@H](O)C(=O)O. The first-order valence-electron chi connectivity index (χ1n) is 4.36. The molecule has 84 valence electrons. The minimum absolute atomic E-state index is 0.197. The summed E-state index contributed by atoms with van der Waals surface area (Å²) in [4.78, 5) is 21.2. The molecule has 0 bridgehead atoms. The quantitative estimate of drug-likeness (QED) is 0.448. The van der Waals surface area contributed by atoms with Gasteiger partial charge in [0.15, 0.2) is 6.10 Å². The van der Waals surface area contributed by atoms with Crippen molar-refractivity contribution in [3.63, 3.8) is 0 Å². The van der Waals surface area contributed by atoms with Crippen LogP contribution in [-0.2, 0) is 4.79 Å². The van der Waals surface area contributed by atoms with E-state index in [9.17, 15) is 9.59 Å². The molecule has 2 amide bonds. The zero-order valence-corrected chi connectivity index (χ0v) is 8.36. The average Bonchev–Trinajstić information content (AvgIpc) is 2.14. The van der Waals surface area contributed by atoms with E-state index in [1.807, 2.05) is 0 Å². The summed E-state index contributed by atoms with van der Waals surface area (Å²) in [5, 5.41) is 21.8. The smallest absolute Gasteiger partial charge is 0.334 e. The van der Waals surface area contributed by atoms with Crippen LogP contribution in [-0.4, -0.2) is 40.9 Å². The number of carboxylic acids is 1. The Morgan fingerprint density at radius 1 is 1.53 bits per heavy atom. The number of aliphatic carboxylic acids is 1. The number of carbonyl (C=O) groups is 2. The first-order valence-corrected chi connectivity index (χ1v) is 4.36. The molecule has 2 atom stereocenters. The zero-order valence-electron chi connectivity index (χ0n) is 8.36. The van der Waals surface area contributed by atoms with Gasteiger partial charge in [0, 0.05) is 12.5 Å². The molecule has 0 radical (unpaired) electrons. The number of hydrogen-bond donors (Lipinski definition) is 4. The van der Waals surface area contributed by atoms with Crippen LogP contribution < -0.4 is 10.6 Å². The largest absolute Gasteiger partial charge is 0.479 e. The van der Waals surface area contributed by atoms with Gasteiger partial charge in [-0.25, -0.2) is 9.59 Å². The molecule has 0 saturated heterocycles. The van der Waals surface area contributed by atoms with Gasteiger partial charge < -0.3 is 20.8 Å². The summed E-state index contributed by atoms with van der Waals surface area (Å²) in [7, 11) is 0. The lowest BCUT2D eigenvalue weighted by Gasteiger charge is -2.12. The van der Waals surface area contributed by atoms with Crippen LogP contribution in [0.3, 0.4) is 0 Å². The molecule has 15 heavy (non-hydrogen) atoms. The number of carbonyl (C=O) groups excluding carboxylic acids is 1. The number of nitrogens with one attached hydrogen (secondary N) is 2. The molecule has 0 aliphatic carbocycles. The second-order valence-electron chi connectivity index (χ2n) is 3.02. The van der Waals surface area contributed by atoms with Crippen LogP contribution in [0.1, 0.15) is 13.3 Å². The third-order valence-electron chi connectivity index (χ3n) is 1.54. The summed E-state index contributed by atoms with van der Waals surface area (Å²) >= 11 is 0. The number of urea groups is 1. The van der Waals surface area contributed by atoms with Gasteiger partial charge in [0.1, 0.15) is 0 Å². The van der Waals surface area contributed by atoms with Crippen molar-refractivity contribution in [1.29, 1.82) is 0 Å². The summed E-state index contributed by atoms with van der Waals surface area (Å²) in [6.45, 7) is 1.37. The van der Waals surface area contributed by atoms with Gasteiger partial charge in [0.05, 0.1) is 6.54 Å². The predicted molar refractivity (Wildman–Crippen MR) is 53.1 cm³/mol. The highest BCUT2D eigenvalue weighted by molar-refractivity contribution is 5.76. The number of terminal acetylenes is 1. The lowest BCUT2D eigenvalue weighted by molar-refractivity contribution is -0.146. The highest BCUT2D eigenvalue weighted by atomic mass is 16.4. The summed E-state index contributed by atoms with van der Waals surface area (Å²) < 4.78 is 0. The number of aliphatic hydroxyl groups excluding tert-OH is 1. The maximum Gasteiger partial charge on any atom is 0.334 e. The molecule has 0 aliphatic heterocycles. The molecular formula is C9H14N2O4. The Bertz CT molecular complexity index is 272. The molecule has 0 spiro atoms. The highest BCUT2D eigenvalue weighted by Gasteiger charge is 2.14. The van der Waals surface area contributed by atoms with E-state index in [1.54, 1.807) is 6.92 Å². The van der Waals surface area contributed by atoms with Crippen LogP contribution in [0, 0.1) is 12.3 Å². The van der Waals surface area contributed by atoms with Gasteiger partial charge in [0.25, 0.3) is 0 Å². The maximum atomic E-state index is 11.1. The molecule has 0 rings (SSSR count). The second kappa shape index (κ2) is 6.68. The van der Waals surface area contributed by atoms with Crippen molar-refractivity contribution in [3.05, 3.63) is 0 Å². The van der Waals surface area contributed by atoms with Crippen LogP contribution in [0.25, 0.3) is 0 Å². The van der Waals surface area contributed by atoms with Gasteiger partial charge in [-0.2, -0.15) is 0 Å². The zero-order chi connectivity index (χ0) is 11.8. The van der Waals surface area contributed by atoms with Crippen molar-refractivity contribution >= 4 is 12.0 Å². The molecule has 0 aliphatic rings. The number of carboxylic acid groups (broad SMARTS) is 1. The Hall–Kier alpha value is -1.74. The van der Waals surface area contributed by atoms with E-state index in [4.69, 9.17) is 16.6 Å². The predicted octanol–water partition coefficient (Wildman–Crippen LogP) is -0.857. The standard InChI is InChI=1S/C9H14N2O4/c1-3-4-6(2)11-9(15)10-5-7(12)8(13)14/h1,6-7,12H,4-5H2,2H3,(H,13,14)(H2,10,11,15)/t6?,7-/m0/s1. The Kier molecular flexibility index (Phi) is 5.90. The lowest BCUT2D eigenvalue weighted by atomic mass is 10.2. The van der Waals surface area contributed by atoms with Crippen molar-refractivity contribution < 1.29 is 19.8 Å². The summed E-state index contributed by atoms with van der Waals surface area (Å²) in [5.74, 6) is 0.987. The molecule has 0 heterocycles. The Labute approximate surface area is 87.7 Å². The Morgan fingerprint density at radius 2 is 2.13 bits per heavy atom. The van der Waals surface area contributed by atoms with Crippen LogP contribution in [0.2, 0.25) is 0 Å². The van der Waals surface area contributed by atoms with Crippen LogP contribution in [0.15, 0.2) is 0 Å². The number of amides is 2. The first kappa shape index (κ1) is 13.3. The van der Waals surface area contributed by atoms with Crippen molar-refractivity contribution in [1.82, 2.24) is 10.6 Å². The minimum Gasteiger partial charge on any atom is -0.479 e. The van der Waals surface area contributed by atoms with E-state index in [2.05, 4.69) is 16.6 Å². The summed E-state index contributed by atoms with van der Waals surface area (Å²) in [6, 6.07) is -0.755. The average molecular weight is 214 g/mol. The van der Waals surface area contributed by atoms with Gasteiger partial charge in [-0.1, -0.05) is 0 Å². The summed E-state index contributed by atoms with van der Waals surface area (Å²) in [6.07, 6.45) is 3.81. The monoisotopic (exact) mass is 214 g/mol. The molecular weight excluding hydrogens is 200 g/mol. The highest BCUT2D eigenvalue weighted by Crippen LogP contribution is 1.87. The molecule has 1 unspecified atom stereocenters. The topological polar surface area (TPSA) is 98.7 Å². The van der Waals surface area contributed by atoms with E-state index in [1.165, 1.54) is 0 Å². The molecule has 0 aromatic carbocycles. The van der Waals surface area contributed by atoms with E-state index in [0.717, 1.165) is 0 Å². The minimum atomic E-state index is -1.60. The van der Waals surface area contributed by atoms with Crippen molar-refractivity contribution in [2.45, 2.75) is 25.5 Å². The van der Waals surface area contributed by atoms with Crippen molar-refractivity contribution in [2.24, 2.45) is 0 Å². The fourth-order valence-corrected chi connectivity index (χ4v) is 0.779. The van der Waals surface area contributed by atoms with Gasteiger partial charge in [-0.05, 0) is 6.92 Å². The van der Waals surface area contributed by atoms with Crippen molar-refractivity contribution in [3.8, 4) is 12.3 Å². The molecule has 0 saturated carbocycles. The third-order valence-corrected chi connectivity index (χ3v) is 1.54. The van der Waals surface area contributed by atoms with Crippen molar-refractivity contribution in [2.75, 3.05) is 6.54 Å². The van der Waals surface area contributed by atoms with E-state index in [-0.39, 0.29) is 12.6 Å². The fraction of sp³-hybridized carbons (Fsp3) is 0.556. The van der Waals surface area contributed by atoms with Crippen LogP contribution >= 0.6 is 0 Å². The Balaban J connectivity index is 3.76. The lowest BCUT2D eigenvalue weighted by Crippen LogP contribution is -2.44. The van der Waals surface area contributed by atoms with Crippen LogP contribution in [0.4, 0.5) is 4.79 Å². The first-order chi connectivity index (χ1) is 6.97. The number of aliphatic hydroxyl groups is 1. The molecule has 0 aromatic rings. The van der Waals surface area contributed by atoms with Gasteiger partial charge in [0.2, 0.25) is 0 Å². The maximum absolute atomic E-state index is 11.1. The molecule has 6 nitrogen and oxygen atoms in total. The fourth-order valence-electron chi connectivity index (χ4n) is 0.779. The number of rotatable bonds is 5. The molecule has 4 N–H and O–H groups in total. The third kappa shape index (κ3) is 6.35. The molecule has 0 fully saturated rings. The Morgan fingerprint density at radius 3 is 2.60 bits per heavy atom. The normalized spacial score (nSPS) is 13.4. The van der Waals surface area contributed by atoms with Gasteiger partial charge >= 0.3 is 12.0 Å². The van der Waals surface area contributed by atoms with Crippen LogP contribution in [0.5, 0.6) is 0 Å². The van der Waals surface area contributed by atoms with E-state index < -0.39 is 18.1 Å². The number of hydrogen-bond acceptors (Lipinski definition) is 3. The summed E-state index contributed by atoms with van der Waals surface area (Å²) in [5.41, 5.74) is 0. The second-order valence-corrected chi connectivity index (χ2v) is 3.02. The van der Waals surface area contributed by atoms with Gasteiger partial charge in [-0.15, -0.1) is 12.3 Å².